The van der Waals surface area contributed by atoms with Gasteiger partial charge >= 0.3 is 12.1 Å². The summed E-state index contributed by atoms with van der Waals surface area (Å²) in [6.45, 7) is 4.74. The van der Waals surface area contributed by atoms with E-state index in [-0.39, 0.29) is 37.7 Å². The standard InChI is InChI=1S/C11H12N2O4.C3H8.U/c1-13-6-9(17-11(13)15)7-16-10(14)8-3-2-4-12-5-8;1-3-2;/h2-5,9H,6-7H2,1H3;3H2,1-2H3;/t9-;;/m0../s1. The van der Waals surface area contributed by atoms with Crippen LogP contribution in [0, 0.1) is 31.1 Å². The van der Waals surface area contributed by atoms with E-state index in [4.69, 9.17) is 9.47 Å². The number of aromatic nitrogens is 1. The number of rotatable bonds is 3. The minimum Gasteiger partial charge on any atom is -0.458 e. The molecule has 7 heteroatoms. The Hall–Kier alpha value is -1.06. The van der Waals surface area contributed by atoms with Crippen molar-refractivity contribution in [2.45, 2.75) is 26.4 Å². The van der Waals surface area contributed by atoms with Crippen LogP contribution in [0.2, 0.25) is 0 Å². The fraction of sp³-hybridized carbons (Fsp3) is 0.500. The number of likely N-dealkylation sites (N-methyl/N-ethyl adjacent to an activating group) is 1. The molecule has 0 aromatic carbocycles. The number of cyclic esters (lactones) is 1. The minimum atomic E-state index is -0.469. The first kappa shape index (κ1) is 19.9. The van der Waals surface area contributed by atoms with Crippen molar-refractivity contribution in [3.63, 3.8) is 0 Å². The number of hydrogen-bond donors (Lipinski definition) is 0. The first-order chi connectivity index (χ1) is 9.58. The molecule has 0 radical (unpaired) electrons. The summed E-state index contributed by atoms with van der Waals surface area (Å²) in [5, 5.41) is 0. The van der Waals surface area contributed by atoms with Gasteiger partial charge < -0.3 is 14.4 Å². The van der Waals surface area contributed by atoms with Crippen molar-refractivity contribution >= 4 is 12.1 Å². The Morgan fingerprint density at radius 1 is 1.52 bits per heavy atom. The van der Waals surface area contributed by atoms with Gasteiger partial charge in [-0.3, -0.25) is 4.98 Å². The molecule has 0 spiro atoms. The van der Waals surface area contributed by atoms with Gasteiger partial charge in [0.25, 0.3) is 0 Å². The van der Waals surface area contributed by atoms with Crippen LogP contribution in [-0.4, -0.2) is 48.2 Å². The number of amides is 1. The molecule has 0 saturated carbocycles. The van der Waals surface area contributed by atoms with Gasteiger partial charge in [0.1, 0.15) is 6.61 Å². The van der Waals surface area contributed by atoms with Crippen molar-refractivity contribution in [1.82, 2.24) is 9.88 Å². The zero-order chi connectivity index (χ0) is 15.0. The largest absolute Gasteiger partial charge is 0.458 e. The van der Waals surface area contributed by atoms with E-state index in [0.29, 0.717) is 12.1 Å². The van der Waals surface area contributed by atoms with Crippen LogP contribution in [0.3, 0.4) is 0 Å². The molecule has 6 nitrogen and oxygen atoms in total. The number of pyridine rings is 1. The second-order valence-corrected chi connectivity index (χ2v) is 4.43. The van der Waals surface area contributed by atoms with E-state index in [1.165, 1.54) is 17.5 Å². The predicted octanol–water partition coefficient (Wildman–Crippen LogP) is 2.11. The molecule has 21 heavy (non-hydrogen) atoms. The molecule has 114 valence electrons. The third kappa shape index (κ3) is 6.96. The van der Waals surface area contributed by atoms with E-state index in [1.54, 1.807) is 25.4 Å². The normalized spacial score (nSPS) is 16.2. The topological polar surface area (TPSA) is 68.7 Å². The van der Waals surface area contributed by atoms with Crippen LogP contribution in [0.4, 0.5) is 4.79 Å². The molecule has 1 amide bonds. The average Bonchev–Trinajstić information content (AvgIpc) is 2.77. The Morgan fingerprint density at radius 2 is 2.19 bits per heavy atom. The molecular weight excluding hydrogens is 498 g/mol. The van der Waals surface area contributed by atoms with E-state index in [2.05, 4.69) is 18.8 Å². The number of ether oxygens (including phenoxy) is 2. The van der Waals surface area contributed by atoms with Crippen molar-refractivity contribution < 1.29 is 50.2 Å². The van der Waals surface area contributed by atoms with Crippen molar-refractivity contribution in [3.05, 3.63) is 30.1 Å². The molecule has 1 saturated heterocycles. The first-order valence-electron chi connectivity index (χ1n) is 6.57. The van der Waals surface area contributed by atoms with Crippen molar-refractivity contribution in [2.24, 2.45) is 0 Å². The molecule has 0 unspecified atom stereocenters. The molecule has 0 aliphatic carbocycles. The van der Waals surface area contributed by atoms with Crippen LogP contribution in [0.1, 0.15) is 30.6 Å². The zero-order valence-electron chi connectivity index (χ0n) is 12.5. The number of hydrogen-bond acceptors (Lipinski definition) is 5. The summed E-state index contributed by atoms with van der Waals surface area (Å²) in [5.74, 6) is -0.469. The van der Waals surface area contributed by atoms with Crippen LogP contribution < -0.4 is 0 Å². The van der Waals surface area contributed by atoms with Gasteiger partial charge in [0.2, 0.25) is 0 Å². The first-order valence-corrected chi connectivity index (χ1v) is 6.57. The van der Waals surface area contributed by atoms with E-state index in [0.717, 1.165) is 0 Å². The van der Waals surface area contributed by atoms with E-state index < -0.39 is 18.2 Å². The predicted molar refractivity (Wildman–Crippen MR) is 73.4 cm³/mol. The SMILES string of the molecule is CCC.CN1C[C@@H](COC(=O)c2cccnc2)OC1=O.[U]. The van der Waals surface area contributed by atoms with Crippen molar-refractivity contribution in [3.8, 4) is 0 Å². The van der Waals surface area contributed by atoms with Crippen LogP contribution in [-0.2, 0) is 9.47 Å². The van der Waals surface area contributed by atoms with Gasteiger partial charge in [-0.25, -0.2) is 9.59 Å². The second kappa shape index (κ2) is 10.6. The average molecular weight is 518 g/mol. The van der Waals surface area contributed by atoms with Crippen LogP contribution in [0.5, 0.6) is 0 Å². The number of nitrogens with zero attached hydrogens (tertiary/aromatic N) is 2. The van der Waals surface area contributed by atoms with Gasteiger partial charge in [-0.1, -0.05) is 20.3 Å². The van der Waals surface area contributed by atoms with E-state index >= 15 is 0 Å². The molecule has 2 heterocycles. The van der Waals surface area contributed by atoms with Gasteiger partial charge in [-0.2, -0.15) is 0 Å². The summed E-state index contributed by atoms with van der Waals surface area (Å²) in [7, 11) is 1.63. The summed E-state index contributed by atoms with van der Waals surface area (Å²) < 4.78 is 9.98. The fourth-order valence-corrected chi connectivity index (χ4v) is 1.47. The fourth-order valence-electron chi connectivity index (χ4n) is 1.47. The monoisotopic (exact) mass is 518 g/mol. The van der Waals surface area contributed by atoms with Gasteiger partial charge in [0.15, 0.2) is 6.10 Å². The Morgan fingerprint density at radius 3 is 2.67 bits per heavy atom. The summed E-state index contributed by atoms with van der Waals surface area (Å²) in [4.78, 5) is 27.8. The molecule has 2 rings (SSSR count). The quantitative estimate of drug-likeness (QED) is 0.574. The van der Waals surface area contributed by atoms with Gasteiger partial charge in [-0.15, -0.1) is 0 Å². The third-order valence-corrected chi connectivity index (χ3v) is 2.35. The molecular formula is C14H20N2O4U. The van der Waals surface area contributed by atoms with Gasteiger partial charge in [0.05, 0.1) is 12.1 Å². The third-order valence-electron chi connectivity index (χ3n) is 2.35. The van der Waals surface area contributed by atoms with Gasteiger partial charge in [-0.05, 0) is 12.1 Å². The summed E-state index contributed by atoms with van der Waals surface area (Å²) in [6.07, 6.45) is 3.46. The van der Waals surface area contributed by atoms with Gasteiger partial charge in [0, 0.05) is 50.6 Å². The minimum absolute atomic E-state index is 0. The molecule has 0 N–H and O–H groups in total. The van der Waals surface area contributed by atoms with E-state index in [9.17, 15) is 9.59 Å². The maximum atomic E-state index is 11.5. The van der Waals surface area contributed by atoms with Crippen LogP contribution in [0.15, 0.2) is 24.5 Å². The molecule has 1 aromatic rings. The Labute approximate surface area is 148 Å². The smallest absolute Gasteiger partial charge is 0.410 e. The molecule has 1 atom stereocenters. The molecule has 1 aromatic heterocycles. The number of carbonyl (C=O) groups is 2. The molecule has 0 bridgehead atoms. The number of esters is 1. The van der Waals surface area contributed by atoms with Crippen molar-refractivity contribution in [2.75, 3.05) is 20.2 Å². The molecule has 1 fully saturated rings. The molecule has 1 aliphatic rings. The summed E-state index contributed by atoms with van der Waals surface area (Å²) >= 11 is 0. The van der Waals surface area contributed by atoms with Crippen LogP contribution in [0.25, 0.3) is 0 Å². The van der Waals surface area contributed by atoms with Crippen LogP contribution >= 0.6 is 0 Å². The van der Waals surface area contributed by atoms with E-state index in [1.807, 2.05) is 0 Å². The zero-order valence-corrected chi connectivity index (χ0v) is 16.7. The Balaban J connectivity index is 0.000000922. The second-order valence-electron chi connectivity index (χ2n) is 4.43. The maximum absolute atomic E-state index is 11.5. The Kier molecular flexibility index (Phi) is 10.1. The summed E-state index contributed by atoms with van der Waals surface area (Å²) in [5.41, 5.74) is 0.380. The summed E-state index contributed by atoms with van der Waals surface area (Å²) in [6, 6.07) is 3.27. The number of carbonyl (C=O) groups excluding carboxylic acids is 2. The van der Waals surface area contributed by atoms with Crippen molar-refractivity contribution in [1.29, 1.82) is 0 Å². The Bertz CT molecular complexity index is 442. The maximum Gasteiger partial charge on any atom is 0.410 e. The molecule has 1 aliphatic heterocycles.